The van der Waals surface area contributed by atoms with E-state index >= 15 is 0 Å². The van der Waals surface area contributed by atoms with Crippen molar-refractivity contribution in [3.05, 3.63) is 34.6 Å². The largest absolute Gasteiger partial charge is 0.353 e. The molecule has 2 aliphatic rings. The normalized spacial score (nSPS) is 22.1. The second-order valence-corrected chi connectivity index (χ2v) is 7.89. The standard InChI is InChI=1S/C20H27ClFN3O2/c21-16-8-7-14(11-17(16)22)13-25-10-9-23-20(27)18(25)12-19(26)24-15-5-3-1-2-4-6-15/h7-8,11,15,18H,1-6,9-10,12-13H2,(H,23,27)(H,24,26). The van der Waals surface area contributed by atoms with E-state index in [1.54, 1.807) is 6.07 Å². The SMILES string of the molecule is O=C(CC1C(=O)NCCN1Cc1ccc(Cl)c(F)c1)NC1CCCCCC1. The van der Waals surface area contributed by atoms with Gasteiger partial charge in [0.05, 0.1) is 17.5 Å². The molecule has 0 radical (unpaired) electrons. The minimum Gasteiger partial charge on any atom is -0.353 e. The Morgan fingerprint density at radius 1 is 1.26 bits per heavy atom. The molecule has 1 saturated heterocycles. The van der Waals surface area contributed by atoms with E-state index in [4.69, 9.17) is 11.6 Å². The Hall–Kier alpha value is -1.66. The van der Waals surface area contributed by atoms with Crippen LogP contribution in [-0.2, 0) is 16.1 Å². The van der Waals surface area contributed by atoms with E-state index in [0.717, 1.165) is 31.2 Å². The Labute approximate surface area is 164 Å². The van der Waals surface area contributed by atoms with E-state index in [-0.39, 0.29) is 29.3 Å². The monoisotopic (exact) mass is 395 g/mol. The zero-order valence-corrected chi connectivity index (χ0v) is 16.2. The van der Waals surface area contributed by atoms with Crippen LogP contribution in [0, 0.1) is 5.82 Å². The molecule has 0 aromatic heterocycles. The third-order valence-corrected chi connectivity index (χ3v) is 5.72. The fraction of sp³-hybridized carbons (Fsp3) is 0.600. The van der Waals surface area contributed by atoms with Crippen molar-refractivity contribution in [2.45, 2.75) is 63.6 Å². The number of benzene rings is 1. The molecule has 1 aliphatic heterocycles. The first-order valence-corrected chi connectivity index (χ1v) is 10.2. The van der Waals surface area contributed by atoms with Gasteiger partial charge in [0.15, 0.2) is 0 Å². The molecule has 3 rings (SSSR count). The minimum atomic E-state index is -0.539. The summed E-state index contributed by atoms with van der Waals surface area (Å²) in [7, 11) is 0. The Balaban J connectivity index is 1.62. The highest BCUT2D eigenvalue weighted by molar-refractivity contribution is 6.30. The summed E-state index contributed by atoms with van der Waals surface area (Å²) in [6.45, 7) is 1.55. The van der Waals surface area contributed by atoms with Crippen LogP contribution in [0.5, 0.6) is 0 Å². The van der Waals surface area contributed by atoms with Crippen LogP contribution in [0.1, 0.15) is 50.5 Å². The molecule has 1 aromatic carbocycles. The van der Waals surface area contributed by atoms with E-state index < -0.39 is 11.9 Å². The lowest BCUT2D eigenvalue weighted by Gasteiger charge is -2.35. The molecule has 5 nitrogen and oxygen atoms in total. The van der Waals surface area contributed by atoms with Crippen molar-refractivity contribution in [1.29, 1.82) is 0 Å². The smallest absolute Gasteiger partial charge is 0.237 e. The maximum Gasteiger partial charge on any atom is 0.237 e. The summed E-state index contributed by atoms with van der Waals surface area (Å²) in [5.41, 5.74) is 0.737. The van der Waals surface area contributed by atoms with E-state index in [0.29, 0.717) is 19.6 Å². The quantitative estimate of drug-likeness (QED) is 0.753. The van der Waals surface area contributed by atoms with Crippen LogP contribution in [0.2, 0.25) is 5.02 Å². The zero-order valence-electron chi connectivity index (χ0n) is 15.5. The fourth-order valence-corrected chi connectivity index (χ4v) is 4.05. The first-order chi connectivity index (χ1) is 13.0. The molecule has 148 valence electrons. The van der Waals surface area contributed by atoms with Gasteiger partial charge in [-0.2, -0.15) is 0 Å². The van der Waals surface area contributed by atoms with Crippen molar-refractivity contribution in [2.75, 3.05) is 13.1 Å². The highest BCUT2D eigenvalue weighted by Gasteiger charge is 2.32. The maximum atomic E-state index is 13.7. The summed E-state index contributed by atoms with van der Waals surface area (Å²) >= 11 is 5.74. The van der Waals surface area contributed by atoms with Crippen LogP contribution in [0.15, 0.2) is 18.2 Å². The van der Waals surface area contributed by atoms with Gasteiger partial charge in [-0.3, -0.25) is 14.5 Å². The molecule has 27 heavy (non-hydrogen) atoms. The molecule has 1 unspecified atom stereocenters. The summed E-state index contributed by atoms with van der Waals surface area (Å²) < 4.78 is 13.7. The first kappa shape index (κ1) is 20.1. The summed E-state index contributed by atoms with van der Waals surface area (Å²) in [5, 5.41) is 6.01. The lowest BCUT2D eigenvalue weighted by atomic mass is 10.0. The number of nitrogens with one attached hydrogen (secondary N) is 2. The summed E-state index contributed by atoms with van der Waals surface area (Å²) in [6.07, 6.45) is 6.88. The highest BCUT2D eigenvalue weighted by Crippen LogP contribution is 2.20. The van der Waals surface area contributed by atoms with Gasteiger partial charge in [-0.05, 0) is 30.5 Å². The molecule has 2 N–H and O–H groups in total. The van der Waals surface area contributed by atoms with Crippen LogP contribution in [0.4, 0.5) is 4.39 Å². The molecular formula is C20H27ClFN3O2. The topological polar surface area (TPSA) is 61.4 Å². The highest BCUT2D eigenvalue weighted by atomic mass is 35.5. The second kappa shape index (κ2) is 9.51. The predicted octanol–water partition coefficient (Wildman–Crippen LogP) is 3.01. The molecule has 2 fully saturated rings. The van der Waals surface area contributed by atoms with E-state index in [2.05, 4.69) is 10.6 Å². The number of carbonyl (C=O) groups excluding carboxylic acids is 2. The molecule has 1 aliphatic carbocycles. The molecule has 1 atom stereocenters. The molecule has 0 spiro atoms. The number of carbonyl (C=O) groups is 2. The Bertz CT molecular complexity index is 677. The molecular weight excluding hydrogens is 369 g/mol. The zero-order chi connectivity index (χ0) is 19.2. The maximum absolute atomic E-state index is 13.7. The number of hydrogen-bond acceptors (Lipinski definition) is 3. The molecule has 7 heteroatoms. The van der Waals surface area contributed by atoms with Crippen LogP contribution >= 0.6 is 11.6 Å². The van der Waals surface area contributed by atoms with Crippen LogP contribution in [0.3, 0.4) is 0 Å². The number of nitrogens with zero attached hydrogens (tertiary/aromatic N) is 1. The average molecular weight is 396 g/mol. The number of amides is 2. The number of piperazine rings is 1. The number of rotatable bonds is 5. The summed E-state index contributed by atoms with van der Waals surface area (Å²) in [4.78, 5) is 26.8. The van der Waals surface area contributed by atoms with Crippen molar-refractivity contribution in [3.8, 4) is 0 Å². The van der Waals surface area contributed by atoms with Crippen LogP contribution < -0.4 is 10.6 Å². The third-order valence-electron chi connectivity index (χ3n) is 5.41. The molecule has 2 amide bonds. The molecule has 1 aromatic rings. The summed E-state index contributed by atoms with van der Waals surface area (Å²) in [5.74, 6) is -0.707. The van der Waals surface area contributed by atoms with Gasteiger partial charge < -0.3 is 10.6 Å². The number of halogens is 2. The van der Waals surface area contributed by atoms with Crippen molar-refractivity contribution < 1.29 is 14.0 Å². The second-order valence-electron chi connectivity index (χ2n) is 7.49. The minimum absolute atomic E-state index is 0.0782. The van der Waals surface area contributed by atoms with Gasteiger partial charge in [-0.1, -0.05) is 43.4 Å². The van der Waals surface area contributed by atoms with Gasteiger partial charge in [-0.15, -0.1) is 0 Å². The Morgan fingerprint density at radius 2 is 2.00 bits per heavy atom. The molecule has 1 heterocycles. The van der Waals surface area contributed by atoms with Crippen molar-refractivity contribution >= 4 is 23.4 Å². The average Bonchev–Trinajstić information content (AvgIpc) is 2.90. The van der Waals surface area contributed by atoms with Crippen LogP contribution in [-0.4, -0.2) is 41.9 Å². The molecule has 1 saturated carbocycles. The number of hydrogen-bond donors (Lipinski definition) is 2. The van der Waals surface area contributed by atoms with Gasteiger partial charge in [0.1, 0.15) is 5.82 Å². The van der Waals surface area contributed by atoms with Crippen molar-refractivity contribution in [1.82, 2.24) is 15.5 Å². The lowest BCUT2D eigenvalue weighted by Crippen LogP contribution is -2.56. The van der Waals surface area contributed by atoms with E-state index in [1.165, 1.54) is 25.0 Å². The Kier molecular flexibility index (Phi) is 7.07. The van der Waals surface area contributed by atoms with Gasteiger partial charge in [-0.25, -0.2) is 4.39 Å². The summed E-state index contributed by atoms with van der Waals surface area (Å²) in [6, 6.07) is 4.33. The predicted molar refractivity (Wildman–Crippen MR) is 103 cm³/mol. The first-order valence-electron chi connectivity index (χ1n) is 9.78. The van der Waals surface area contributed by atoms with E-state index in [9.17, 15) is 14.0 Å². The van der Waals surface area contributed by atoms with Crippen molar-refractivity contribution in [2.24, 2.45) is 0 Å². The Morgan fingerprint density at radius 3 is 2.70 bits per heavy atom. The lowest BCUT2D eigenvalue weighted by molar-refractivity contribution is -0.134. The molecule has 0 bridgehead atoms. The fourth-order valence-electron chi connectivity index (χ4n) is 3.93. The van der Waals surface area contributed by atoms with E-state index in [1.807, 2.05) is 4.90 Å². The van der Waals surface area contributed by atoms with Gasteiger partial charge in [0.25, 0.3) is 0 Å². The van der Waals surface area contributed by atoms with Gasteiger partial charge in [0.2, 0.25) is 11.8 Å². The van der Waals surface area contributed by atoms with Gasteiger partial charge >= 0.3 is 0 Å². The third kappa shape index (κ3) is 5.66. The van der Waals surface area contributed by atoms with Crippen LogP contribution in [0.25, 0.3) is 0 Å². The van der Waals surface area contributed by atoms with Gasteiger partial charge in [0, 0.05) is 25.7 Å². The van der Waals surface area contributed by atoms with Crippen molar-refractivity contribution in [3.63, 3.8) is 0 Å².